The lowest BCUT2D eigenvalue weighted by Gasteiger charge is -2.11. The molecule has 0 atom stereocenters. The zero-order valence-corrected chi connectivity index (χ0v) is 22.4. The Morgan fingerprint density at radius 1 is 0.650 bits per heavy atom. The summed E-state index contributed by atoms with van der Waals surface area (Å²) in [5.41, 5.74) is 4.47. The first-order valence-electron chi connectivity index (χ1n) is 13.3. The summed E-state index contributed by atoms with van der Waals surface area (Å²) in [4.78, 5) is 12.4. The number of nitrogens with zero attached hydrogens (tertiary/aromatic N) is 4. The Hall–Kier alpha value is -5.10. The molecule has 4 aromatic carbocycles. The predicted octanol–water partition coefficient (Wildman–Crippen LogP) is 6.69. The summed E-state index contributed by atoms with van der Waals surface area (Å²) in [5.74, 6) is 0.663. The van der Waals surface area contributed by atoms with Crippen LogP contribution in [0.15, 0.2) is 139 Å². The molecule has 0 saturated heterocycles. The molecule has 0 spiro atoms. The minimum Gasteiger partial charge on any atom is -0.472 e. The largest absolute Gasteiger partial charge is 0.472 e. The molecule has 0 radical (unpaired) electrons. The first-order chi connectivity index (χ1) is 19.7. The number of hydrogen-bond acceptors (Lipinski definition) is 3. The van der Waals surface area contributed by atoms with Crippen molar-refractivity contribution in [3.63, 3.8) is 0 Å². The third kappa shape index (κ3) is 5.81. The van der Waals surface area contributed by atoms with Crippen LogP contribution in [0.4, 0.5) is 0 Å². The van der Waals surface area contributed by atoms with Crippen molar-refractivity contribution in [2.45, 2.75) is 19.6 Å². The van der Waals surface area contributed by atoms with Crippen molar-refractivity contribution < 1.29 is 4.74 Å². The van der Waals surface area contributed by atoms with Crippen LogP contribution in [0.1, 0.15) is 11.1 Å². The van der Waals surface area contributed by atoms with Crippen LogP contribution in [0.25, 0.3) is 21.8 Å². The third-order valence-electron chi connectivity index (χ3n) is 6.55. The van der Waals surface area contributed by atoms with Gasteiger partial charge in [0.2, 0.25) is 5.88 Å². The molecule has 0 fully saturated rings. The number of fused-ring (bicyclic) bond motifs is 2. The SMILES string of the molecule is C=CCOc1nn(Cc2ccccc2)c2ccccc12.C=CCn1c(=O)c2ccccc2n1Cc1ccccc1. The van der Waals surface area contributed by atoms with E-state index < -0.39 is 0 Å². The smallest absolute Gasteiger partial charge is 0.274 e. The van der Waals surface area contributed by atoms with Gasteiger partial charge in [0, 0.05) is 0 Å². The number of benzene rings is 4. The first kappa shape index (κ1) is 26.5. The van der Waals surface area contributed by atoms with Crippen molar-refractivity contribution >= 4 is 21.8 Å². The normalized spacial score (nSPS) is 10.7. The van der Waals surface area contributed by atoms with Crippen molar-refractivity contribution in [2.75, 3.05) is 6.61 Å². The van der Waals surface area contributed by atoms with E-state index in [1.807, 2.05) is 88.2 Å². The summed E-state index contributed by atoms with van der Waals surface area (Å²) in [6, 6.07) is 36.3. The van der Waals surface area contributed by atoms with E-state index in [4.69, 9.17) is 4.74 Å². The molecule has 6 aromatic rings. The minimum atomic E-state index is 0.0384. The second-order valence-corrected chi connectivity index (χ2v) is 9.30. The second kappa shape index (κ2) is 12.6. The highest BCUT2D eigenvalue weighted by atomic mass is 16.5. The van der Waals surface area contributed by atoms with E-state index in [2.05, 4.69) is 48.6 Å². The van der Waals surface area contributed by atoms with Crippen LogP contribution >= 0.6 is 0 Å². The monoisotopic (exact) mass is 528 g/mol. The maximum Gasteiger partial charge on any atom is 0.274 e. The predicted molar refractivity (Wildman–Crippen MR) is 163 cm³/mol. The lowest BCUT2D eigenvalue weighted by Crippen LogP contribution is -2.22. The van der Waals surface area contributed by atoms with E-state index in [1.54, 1.807) is 16.8 Å². The first-order valence-corrected chi connectivity index (χ1v) is 13.3. The summed E-state index contributed by atoms with van der Waals surface area (Å²) in [7, 11) is 0. The zero-order chi connectivity index (χ0) is 27.7. The van der Waals surface area contributed by atoms with Gasteiger partial charge in [0.1, 0.15) is 6.61 Å². The molecule has 6 heteroatoms. The summed E-state index contributed by atoms with van der Waals surface area (Å²) in [6.45, 7) is 9.80. The molecule has 0 aliphatic heterocycles. The maximum absolute atomic E-state index is 12.4. The molecule has 0 unspecified atom stereocenters. The standard InChI is InChI=1S/2C17H16N2O/c1-2-12-20-17-15-10-6-7-11-16(15)19(18-17)13-14-8-4-3-5-9-14;1-2-12-18-17(20)15-10-6-7-11-16(15)19(18)13-14-8-4-3-5-9-14/h2*2-11H,1,12-13H2. The quantitative estimate of drug-likeness (QED) is 0.197. The van der Waals surface area contributed by atoms with Crippen LogP contribution in [0, 0.1) is 0 Å². The molecular formula is C34H32N4O2. The number of hydrogen-bond donors (Lipinski definition) is 0. The maximum atomic E-state index is 12.4. The van der Waals surface area contributed by atoms with Crippen LogP contribution in [0.2, 0.25) is 0 Å². The van der Waals surface area contributed by atoms with Gasteiger partial charge in [-0.15, -0.1) is 11.7 Å². The summed E-state index contributed by atoms with van der Waals surface area (Å²) >= 11 is 0. The Balaban J connectivity index is 0.000000161. The van der Waals surface area contributed by atoms with Crippen molar-refractivity contribution in [1.29, 1.82) is 0 Å². The molecule has 2 heterocycles. The molecule has 0 aliphatic rings. The highest BCUT2D eigenvalue weighted by molar-refractivity contribution is 5.84. The van der Waals surface area contributed by atoms with Gasteiger partial charge in [-0.3, -0.25) is 14.2 Å². The number of allylic oxidation sites excluding steroid dienone is 1. The van der Waals surface area contributed by atoms with Gasteiger partial charge in [-0.25, -0.2) is 4.68 Å². The van der Waals surface area contributed by atoms with E-state index in [0.717, 1.165) is 28.4 Å². The van der Waals surface area contributed by atoms with Crippen LogP contribution < -0.4 is 10.3 Å². The highest BCUT2D eigenvalue weighted by Crippen LogP contribution is 2.25. The number of rotatable bonds is 9. The molecule has 0 aliphatic carbocycles. The number of para-hydroxylation sites is 2. The van der Waals surface area contributed by atoms with E-state index in [-0.39, 0.29) is 5.56 Å². The van der Waals surface area contributed by atoms with E-state index in [1.165, 1.54) is 11.1 Å². The van der Waals surface area contributed by atoms with Crippen molar-refractivity contribution in [2.24, 2.45) is 0 Å². The Kier molecular flexibility index (Phi) is 8.37. The average molecular weight is 529 g/mol. The molecule has 6 rings (SSSR count). The van der Waals surface area contributed by atoms with Crippen LogP contribution in [-0.2, 0) is 19.6 Å². The fraction of sp³-hybridized carbons (Fsp3) is 0.118. The Morgan fingerprint density at radius 2 is 1.23 bits per heavy atom. The van der Waals surface area contributed by atoms with Crippen molar-refractivity contribution in [1.82, 2.24) is 19.1 Å². The Bertz CT molecular complexity index is 1780. The molecule has 200 valence electrons. The van der Waals surface area contributed by atoms with Gasteiger partial charge in [0.05, 0.1) is 41.4 Å². The fourth-order valence-electron chi connectivity index (χ4n) is 4.71. The van der Waals surface area contributed by atoms with Gasteiger partial charge in [-0.1, -0.05) is 104 Å². The van der Waals surface area contributed by atoms with Gasteiger partial charge >= 0.3 is 0 Å². The Labute approximate surface area is 233 Å². The highest BCUT2D eigenvalue weighted by Gasteiger charge is 2.12. The molecule has 0 bridgehead atoms. The van der Waals surface area contributed by atoms with Crippen LogP contribution in [0.5, 0.6) is 5.88 Å². The third-order valence-corrected chi connectivity index (χ3v) is 6.55. The Morgan fingerprint density at radius 3 is 1.88 bits per heavy atom. The van der Waals surface area contributed by atoms with Gasteiger partial charge in [-0.05, 0) is 35.4 Å². The number of aromatic nitrogens is 4. The van der Waals surface area contributed by atoms with Gasteiger partial charge in [-0.2, -0.15) is 0 Å². The van der Waals surface area contributed by atoms with Gasteiger partial charge < -0.3 is 4.74 Å². The van der Waals surface area contributed by atoms with Crippen molar-refractivity contribution in [3.05, 3.63) is 156 Å². The molecule has 2 aromatic heterocycles. The van der Waals surface area contributed by atoms with E-state index in [9.17, 15) is 4.79 Å². The van der Waals surface area contributed by atoms with Gasteiger partial charge in [0.25, 0.3) is 5.56 Å². The molecule has 0 amide bonds. The molecule has 0 saturated carbocycles. The summed E-state index contributed by atoms with van der Waals surface area (Å²) < 4.78 is 11.4. The molecule has 6 nitrogen and oxygen atoms in total. The molecule has 0 N–H and O–H groups in total. The topological polar surface area (TPSA) is 54.0 Å². The fourth-order valence-corrected chi connectivity index (χ4v) is 4.71. The zero-order valence-electron chi connectivity index (χ0n) is 22.4. The molecular weight excluding hydrogens is 496 g/mol. The van der Waals surface area contributed by atoms with Gasteiger partial charge in [0.15, 0.2) is 0 Å². The summed E-state index contributed by atoms with van der Waals surface area (Å²) in [5, 5.41) is 6.36. The van der Waals surface area contributed by atoms with E-state index in [0.29, 0.717) is 25.6 Å². The summed E-state index contributed by atoms with van der Waals surface area (Å²) in [6.07, 6.45) is 3.48. The van der Waals surface area contributed by atoms with Crippen molar-refractivity contribution in [3.8, 4) is 5.88 Å². The van der Waals surface area contributed by atoms with Crippen LogP contribution in [-0.4, -0.2) is 25.8 Å². The lowest BCUT2D eigenvalue weighted by molar-refractivity contribution is 0.347. The minimum absolute atomic E-state index is 0.0384. The number of ether oxygens (including phenoxy) is 1. The molecule has 40 heavy (non-hydrogen) atoms. The second-order valence-electron chi connectivity index (χ2n) is 9.30. The lowest BCUT2D eigenvalue weighted by atomic mass is 10.2. The van der Waals surface area contributed by atoms with E-state index >= 15 is 0 Å². The van der Waals surface area contributed by atoms with Crippen LogP contribution in [0.3, 0.4) is 0 Å². The average Bonchev–Trinajstić information content (AvgIpc) is 3.48.